The van der Waals surface area contributed by atoms with Gasteiger partial charge in [-0.25, -0.2) is 0 Å². The molecule has 0 aliphatic carbocycles. The van der Waals surface area contributed by atoms with Crippen molar-refractivity contribution in [1.82, 2.24) is 9.88 Å². The fourth-order valence-electron chi connectivity index (χ4n) is 2.73. The van der Waals surface area contributed by atoms with E-state index in [0.29, 0.717) is 0 Å². The highest BCUT2D eigenvalue weighted by Crippen LogP contribution is 2.24. The monoisotopic (exact) mass is 247 g/mol. The van der Waals surface area contributed by atoms with Gasteiger partial charge in [0.15, 0.2) is 0 Å². The van der Waals surface area contributed by atoms with Crippen LogP contribution in [0.25, 0.3) is 0 Å². The molecule has 0 spiro atoms. The van der Waals surface area contributed by atoms with Gasteiger partial charge in [0.25, 0.3) is 0 Å². The first kappa shape index (κ1) is 13.5. The summed E-state index contributed by atoms with van der Waals surface area (Å²) in [5.74, 6) is 0. The number of nitrogens with two attached hydrogens (primary N) is 1. The third-order valence-electron chi connectivity index (χ3n) is 4.26. The Morgan fingerprint density at radius 1 is 1.33 bits per heavy atom. The van der Waals surface area contributed by atoms with E-state index in [1.165, 1.54) is 37.9 Å². The lowest BCUT2D eigenvalue weighted by Crippen LogP contribution is -2.58. The molecule has 1 aromatic heterocycles. The Morgan fingerprint density at radius 3 is 2.67 bits per heavy atom. The molecule has 0 radical (unpaired) electrons. The number of pyridine rings is 1. The minimum Gasteiger partial charge on any atom is -0.326 e. The molecule has 2 heterocycles. The van der Waals surface area contributed by atoms with Crippen molar-refractivity contribution < 1.29 is 0 Å². The van der Waals surface area contributed by atoms with Crippen LogP contribution in [0.5, 0.6) is 0 Å². The largest absolute Gasteiger partial charge is 0.326 e. The van der Waals surface area contributed by atoms with Crippen molar-refractivity contribution in [3.63, 3.8) is 0 Å². The number of hydrogen-bond donors (Lipinski definition) is 1. The zero-order valence-electron chi connectivity index (χ0n) is 11.6. The van der Waals surface area contributed by atoms with Gasteiger partial charge < -0.3 is 5.73 Å². The lowest BCUT2D eigenvalue weighted by atomic mass is 9.87. The Kier molecular flexibility index (Phi) is 4.36. The Bertz CT molecular complexity index is 355. The molecule has 0 amide bonds. The molecule has 3 heteroatoms. The molecule has 2 N–H and O–H groups in total. The van der Waals surface area contributed by atoms with Crippen LogP contribution in [0.3, 0.4) is 0 Å². The van der Waals surface area contributed by atoms with Crippen molar-refractivity contribution in [3.05, 3.63) is 30.1 Å². The summed E-state index contributed by atoms with van der Waals surface area (Å²) in [5, 5.41) is 0. The summed E-state index contributed by atoms with van der Waals surface area (Å²) >= 11 is 0. The molecule has 0 bridgehead atoms. The average Bonchev–Trinajstić information content (AvgIpc) is 2.41. The molecule has 1 atom stereocenters. The first-order valence-corrected chi connectivity index (χ1v) is 7.00. The highest BCUT2D eigenvalue weighted by molar-refractivity contribution is 5.12. The molecule has 1 aliphatic heterocycles. The first-order valence-electron chi connectivity index (χ1n) is 7.00. The van der Waals surface area contributed by atoms with Gasteiger partial charge in [-0.2, -0.15) is 0 Å². The number of likely N-dealkylation sites (tertiary alicyclic amines) is 1. The highest BCUT2D eigenvalue weighted by atomic mass is 15.2. The molecule has 18 heavy (non-hydrogen) atoms. The van der Waals surface area contributed by atoms with E-state index in [1.54, 1.807) is 0 Å². The standard InChI is InChI=1S/C15H25N3/c1-15(2,18-9-4-3-5-10-18)14(16)11-13-7-6-8-17-12-13/h6-8,12,14H,3-5,9-11,16H2,1-2H3. The summed E-state index contributed by atoms with van der Waals surface area (Å²) in [6, 6.07) is 4.24. The maximum absolute atomic E-state index is 6.44. The zero-order valence-corrected chi connectivity index (χ0v) is 11.6. The minimum atomic E-state index is 0.0657. The molecule has 1 saturated heterocycles. The predicted octanol–water partition coefficient (Wildman–Crippen LogP) is 2.22. The number of nitrogens with zero attached hydrogens (tertiary/aromatic N) is 2. The smallest absolute Gasteiger partial charge is 0.0307 e. The van der Waals surface area contributed by atoms with Gasteiger partial charge in [0.2, 0.25) is 0 Å². The average molecular weight is 247 g/mol. The van der Waals surface area contributed by atoms with E-state index in [0.717, 1.165) is 6.42 Å². The summed E-state index contributed by atoms with van der Waals surface area (Å²) in [7, 11) is 0. The molecule has 1 unspecified atom stereocenters. The first-order chi connectivity index (χ1) is 8.60. The fraction of sp³-hybridized carbons (Fsp3) is 0.667. The molecule has 3 nitrogen and oxygen atoms in total. The second kappa shape index (κ2) is 5.81. The van der Waals surface area contributed by atoms with Gasteiger partial charge in [0.05, 0.1) is 0 Å². The Labute approximate surface area is 110 Å². The Hall–Kier alpha value is -0.930. The minimum absolute atomic E-state index is 0.0657. The third kappa shape index (κ3) is 3.09. The van der Waals surface area contributed by atoms with Crippen molar-refractivity contribution >= 4 is 0 Å². The normalized spacial score (nSPS) is 19.7. The van der Waals surface area contributed by atoms with E-state index >= 15 is 0 Å². The zero-order chi connectivity index (χ0) is 13.0. The van der Waals surface area contributed by atoms with Crippen molar-refractivity contribution in [3.8, 4) is 0 Å². The van der Waals surface area contributed by atoms with Gasteiger partial charge in [0.1, 0.15) is 0 Å². The third-order valence-corrected chi connectivity index (χ3v) is 4.26. The fourth-order valence-corrected chi connectivity index (χ4v) is 2.73. The van der Waals surface area contributed by atoms with E-state index in [1.807, 2.05) is 18.5 Å². The topological polar surface area (TPSA) is 42.1 Å². The molecular weight excluding hydrogens is 222 g/mol. The second-order valence-corrected chi connectivity index (χ2v) is 5.87. The number of piperidine rings is 1. The maximum Gasteiger partial charge on any atom is 0.0307 e. The van der Waals surface area contributed by atoms with E-state index < -0.39 is 0 Å². The second-order valence-electron chi connectivity index (χ2n) is 5.87. The number of hydrogen-bond acceptors (Lipinski definition) is 3. The van der Waals surface area contributed by atoms with Crippen molar-refractivity contribution in [2.24, 2.45) is 5.73 Å². The summed E-state index contributed by atoms with van der Waals surface area (Å²) in [6.45, 7) is 6.93. The van der Waals surface area contributed by atoms with Gasteiger partial charge in [-0.05, 0) is 57.8 Å². The Morgan fingerprint density at radius 2 is 2.06 bits per heavy atom. The van der Waals surface area contributed by atoms with Gasteiger partial charge in [0, 0.05) is 24.0 Å². The Balaban J connectivity index is 2.00. The van der Waals surface area contributed by atoms with Crippen molar-refractivity contribution in [1.29, 1.82) is 0 Å². The maximum atomic E-state index is 6.44. The summed E-state index contributed by atoms with van der Waals surface area (Å²) < 4.78 is 0. The van der Waals surface area contributed by atoms with E-state index in [-0.39, 0.29) is 11.6 Å². The molecule has 100 valence electrons. The molecule has 0 saturated carbocycles. The van der Waals surface area contributed by atoms with Crippen LogP contribution in [-0.4, -0.2) is 34.6 Å². The quantitative estimate of drug-likeness (QED) is 0.887. The molecule has 0 aromatic carbocycles. The SMILES string of the molecule is CC(C)(C(N)Cc1cccnc1)N1CCCCC1. The van der Waals surface area contributed by atoms with E-state index in [4.69, 9.17) is 5.73 Å². The van der Waals surface area contributed by atoms with E-state index in [9.17, 15) is 0 Å². The highest BCUT2D eigenvalue weighted by Gasteiger charge is 2.33. The van der Waals surface area contributed by atoms with Gasteiger partial charge in [-0.15, -0.1) is 0 Å². The van der Waals surface area contributed by atoms with Crippen LogP contribution < -0.4 is 5.73 Å². The van der Waals surface area contributed by atoms with Crippen LogP contribution >= 0.6 is 0 Å². The molecule has 1 aliphatic rings. The van der Waals surface area contributed by atoms with Crippen molar-refractivity contribution in [2.45, 2.75) is 51.1 Å². The lowest BCUT2D eigenvalue weighted by Gasteiger charge is -2.44. The van der Waals surface area contributed by atoms with Gasteiger partial charge in [-0.1, -0.05) is 12.5 Å². The predicted molar refractivity (Wildman–Crippen MR) is 75.4 cm³/mol. The van der Waals surface area contributed by atoms with Crippen LogP contribution in [0.15, 0.2) is 24.5 Å². The molecule has 2 rings (SSSR count). The van der Waals surface area contributed by atoms with Crippen LogP contribution in [0.4, 0.5) is 0 Å². The van der Waals surface area contributed by atoms with Crippen LogP contribution in [0.1, 0.15) is 38.7 Å². The van der Waals surface area contributed by atoms with Crippen LogP contribution in [0.2, 0.25) is 0 Å². The van der Waals surface area contributed by atoms with Crippen LogP contribution in [0, 0.1) is 0 Å². The van der Waals surface area contributed by atoms with Crippen LogP contribution in [-0.2, 0) is 6.42 Å². The molecular formula is C15H25N3. The van der Waals surface area contributed by atoms with Gasteiger partial charge in [-0.3, -0.25) is 9.88 Å². The van der Waals surface area contributed by atoms with Crippen molar-refractivity contribution in [2.75, 3.05) is 13.1 Å². The van der Waals surface area contributed by atoms with E-state index in [2.05, 4.69) is 29.8 Å². The number of aromatic nitrogens is 1. The van der Waals surface area contributed by atoms with Gasteiger partial charge >= 0.3 is 0 Å². The summed E-state index contributed by atoms with van der Waals surface area (Å²) in [4.78, 5) is 6.72. The molecule has 1 aromatic rings. The summed E-state index contributed by atoms with van der Waals surface area (Å²) in [5.41, 5.74) is 7.74. The summed E-state index contributed by atoms with van der Waals surface area (Å²) in [6.07, 6.45) is 8.62. The lowest BCUT2D eigenvalue weighted by molar-refractivity contribution is 0.0731. The number of rotatable bonds is 4. The molecule has 1 fully saturated rings.